The molecular formula is C22H27N3O6. The van der Waals surface area contributed by atoms with Crippen molar-refractivity contribution in [3.63, 3.8) is 0 Å². The summed E-state index contributed by atoms with van der Waals surface area (Å²) in [5.41, 5.74) is 0.715. The van der Waals surface area contributed by atoms with Gasteiger partial charge in [0.2, 0.25) is 0 Å². The number of aromatic nitrogens is 1. The van der Waals surface area contributed by atoms with Gasteiger partial charge < -0.3 is 15.3 Å². The van der Waals surface area contributed by atoms with E-state index in [1.807, 2.05) is 30.3 Å². The molecule has 3 N–H and O–H groups in total. The van der Waals surface area contributed by atoms with Gasteiger partial charge in [0.25, 0.3) is 0 Å². The minimum Gasteiger partial charge on any atom is -0.480 e. The standard InChI is InChI=1S/C22H27N3O6/c26-20(27)12-24(11-17-9-15-5-1-2-6-16(15)10-23-17)18-7-3-4-8-19(18)25(13-21(28)29)14-22(30)31/h1-2,5-6,9-10,18-19H,3-4,7-8,11-14H2,(H,26,27)(H,28,29)(H,30,31)/t18-,19?/m0/s1. The van der Waals surface area contributed by atoms with Crippen molar-refractivity contribution in [2.24, 2.45) is 0 Å². The van der Waals surface area contributed by atoms with Gasteiger partial charge in [0.1, 0.15) is 0 Å². The second kappa shape index (κ2) is 10.3. The number of aliphatic carboxylic acids is 3. The Kier molecular flexibility index (Phi) is 7.54. The summed E-state index contributed by atoms with van der Waals surface area (Å²) in [7, 11) is 0. The van der Waals surface area contributed by atoms with Crippen LogP contribution < -0.4 is 0 Å². The third-order valence-corrected chi connectivity index (χ3v) is 5.70. The van der Waals surface area contributed by atoms with Crippen LogP contribution in [-0.2, 0) is 20.9 Å². The predicted octanol–water partition coefficient (Wildman–Crippen LogP) is 1.90. The van der Waals surface area contributed by atoms with Gasteiger partial charge in [-0.1, -0.05) is 37.1 Å². The summed E-state index contributed by atoms with van der Waals surface area (Å²) in [6.45, 7) is -0.749. The first-order chi connectivity index (χ1) is 14.8. The predicted molar refractivity (Wildman–Crippen MR) is 113 cm³/mol. The summed E-state index contributed by atoms with van der Waals surface area (Å²) < 4.78 is 0. The van der Waals surface area contributed by atoms with Gasteiger partial charge >= 0.3 is 17.9 Å². The highest BCUT2D eigenvalue weighted by Crippen LogP contribution is 2.28. The van der Waals surface area contributed by atoms with E-state index in [0.717, 1.165) is 23.6 Å². The molecular weight excluding hydrogens is 402 g/mol. The number of benzene rings is 1. The molecule has 31 heavy (non-hydrogen) atoms. The lowest BCUT2D eigenvalue weighted by Crippen LogP contribution is -2.56. The van der Waals surface area contributed by atoms with Gasteiger partial charge in [-0.05, 0) is 24.3 Å². The molecule has 0 spiro atoms. The molecule has 1 aliphatic rings. The van der Waals surface area contributed by atoms with Crippen LogP contribution in [0.25, 0.3) is 10.8 Å². The number of carboxylic acid groups (broad SMARTS) is 3. The lowest BCUT2D eigenvalue weighted by molar-refractivity contribution is -0.146. The molecule has 0 amide bonds. The van der Waals surface area contributed by atoms with Gasteiger partial charge in [-0.25, -0.2) is 0 Å². The Bertz CT molecular complexity index is 934. The normalized spacial score (nSPS) is 19.0. The number of hydrogen-bond acceptors (Lipinski definition) is 6. The topological polar surface area (TPSA) is 131 Å². The first-order valence-corrected chi connectivity index (χ1v) is 10.3. The molecule has 1 fully saturated rings. The van der Waals surface area contributed by atoms with E-state index in [2.05, 4.69) is 4.98 Å². The van der Waals surface area contributed by atoms with Gasteiger partial charge in [0.15, 0.2) is 0 Å². The van der Waals surface area contributed by atoms with Gasteiger partial charge in [-0.2, -0.15) is 0 Å². The van der Waals surface area contributed by atoms with E-state index in [1.165, 1.54) is 4.90 Å². The average molecular weight is 429 g/mol. The van der Waals surface area contributed by atoms with E-state index in [0.29, 0.717) is 18.5 Å². The molecule has 1 aromatic carbocycles. The van der Waals surface area contributed by atoms with E-state index in [4.69, 9.17) is 0 Å². The fraction of sp³-hybridized carbons (Fsp3) is 0.455. The minimum atomic E-state index is -1.11. The molecule has 0 bridgehead atoms. The smallest absolute Gasteiger partial charge is 0.317 e. The summed E-state index contributed by atoms with van der Waals surface area (Å²) in [6, 6.07) is 9.05. The highest BCUT2D eigenvalue weighted by molar-refractivity contribution is 5.81. The monoisotopic (exact) mass is 429 g/mol. The Balaban J connectivity index is 1.88. The summed E-state index contributed by atoms with van der Waals surface area (Å²) in [6.07, 6.45) is 4.75. The number of fused-ring (bicyclic) bond motifs is 1. The molecule has 1 aliphatic carbocycles. The zero-order valence-electron chi connectivity index (χ0n) is 17.2. The lowest BCUT2D eigenvalue weighted by atomic mass is 9.87. The minimum absolute atomic E-state index is 0.232. The summed E-state index contributed by atoms with van der Waals surface area (Å²) in [5, 5.41) is 30.1. The molecule has 2 aromatic rings. The van der Waals surface area contributed by atoms with Gasteiger partial charge in [-0.3, -0.25) is 29.2 Å². The molecule has 1 aromatic heterocycles. The van der Waals surface area contributed by atoms with Crippen molar-refractivity contribution >= 4 is 28.7 Å². The largest absolute Gasteiger partial charge is 0.480 e. The van der Waals surface area contributed by atoms with Crippen LogP contribution in [0.5, 0.6) is 0 Å². The second-order valence-corrected chi connectivity index (χ2v) is 7.93. The van der Waals surface area contributed by atoms with Gasteiger partial charge in [0.05, 0.1) is 25.3 Å². The molecule has 2 atom stereocenters. The summed E-state index contributed by atoms with van der Waals surface area (Å²) in [4.78, 5) is 42.0. The van der Waals surface area contributed by atoms with E-state index < -0.39 is 31.0 Å². The van der Waals surface area contributed by atoms with Crippen LogP contribution in [0.15, 0.2) is 36.5 Å². The fourth-order valence-electron chi connectivity index (χ4n) is 4.47. The van der Waals surface area contributed by atoms with E-state index in [9.17, 15) is 29.7 Å². The number of carboxylic acids is 3. The van der Waals surface area contributed by atoms with Crippen LogP contribution in [-0.4, -0.2) is 79.7 Å². The van der Waals surface area contributed by atoms with Gasteiger partial charge in [-0.15, -0.1) is 0 Å². The Morgan fingerprint density at radius 2 is 1.35 bits per heavy atom. The van der Waals surface area contributed by atoms with Crippen LogP contribution in [0.4, 0.5) is 0 Å². The van der Waals surface area contributed by atoms with Crippen LogP contribution in [0.2, 0.25) is 0 Å². The maximum atomic E-state index is 11.6. The SMILES string of the molecule is O=C(O)CN(CC(=O)O)C1CCCC[C@@H]1N(CC(=O)O)Cc1cc2ccccc2cn1. The van der Waals surface area contributed by atoms with Crippen molar-refractivity contribution in [1.29, 1.82) is 0 Å². The lowest BCUT2D eigenvalue weighted by Gasteiger charge is -2.43. The second-order valence-electron chi connectivity index (χ2n) is 7.93. The highest BCUT2D eigenvalue weighted by Gasteiger charge is 2.36. The molecule has 9 heteroatoms. The molecule has 1 unspecified atom stereocenters. The summed E-state index contributed by atoms with van der Waals surface area (Å²) >= 11 is 0. The molecule has 0 aliphatic heterocycles. The van der Waals surface area contributed by atoms with Crippen molar-refractivity contribution in [3.8, 4) is 0 Å². The van der Waals surface area contributed by atoms with E-state index >= 15 is 0 Å². The Hall–Kier alpha value is -3.04. The van der Waals surface area contributed by atoms with Crippen molar-refractivity contribution in [3.05, 3.63) is 42.2 Å². The maximum Gasteiger partial charge on any atom is 0.317 e. The number of nitrogens with zero attached hydrogens (tertiary/aromatic N) is 3. The first kappa shape index (κ1) is 22.6. The number of pyridine rings is 1. The maximum absolute atomic E-state index is 11.6. The number of carbonyl (C=O) groups is 3. The highest BCUT2D eigenvalue weighted by atomic mass is 16.4. The molecule has 9 nitrogen and oxygen atoms in total. The molecule has 3 rings (SSSR count). The molecule has 166 valence electrons. The van der Waals surface area contributed by atoms with Crippen LogP contribution >= 0.6 is 0 Å². The van der Waals surface area contributed by atoms with Crippen LogP contribution in [0.1, 0.15) is 31.4 Å². The zero-order valence-corrected chi connectivity index (χ0v) is 17.2. The molecule has 0 saturated heterocycles. The Morgan fingerprint density at radius 3 is 1.94 bits per heavy atom. The van der Waals surface area contributed by atoms with Crippen molar-refractivity contribution in [1.82, 2.24) is 14.8 Å². The Morgan fingerprint density at radius 1 is 0.839 bits per heavy atom. The number of rotatable bonds is 10. The van der Waals surface area contributed by atoms with Crippen LogP contribution in [0, 0.1) is 0 Å². The molecule has 0 radical (unpaired) electrons. The van der Waals surface area contributed by atoms with Gasteiger partial charge in [0, 0.05) is 30.2 Å². The van der Waals surface area contributed by atoms with E-state index in [-0.39, 0.29) is 25.2 Å². The zero-order chi connectivity index (χ0) is 22.4. The molecule has 1 saturated carbocycles. The Labute approximate surface area is 179 Å². The summed E-state index contributed by atoms with van der Waals surface area (Å²) in [5.74, 6) is -3.20. The fourth-order valence-corrected chi connectivity index (χ4v) is 4.47. The quantitative estimate of drug-likeness (QED) is 0.518. The average Bonchev–Trinajstić information content (AvgIpc) is 2.72. The molecule has 1 heterocycles. The third-order valence-electron chi connectivity index (χ3n) is 5.70. The van der Waals surface area contributed by atoms with Crippen molar-refractivity contribution < 1.29 is 29.7 Å². The number of hydrogen-bond donors (Lipinski definition) is 3. The van der Waals surface area contributed by atoms with E-state index in [1.54, 1.807) is 11.1 Å². The van der Waals surface area contributed by atoms with Crippen molar-refractivity contribution in [2.45, 2.75) is 44.3 Å². The van der Waals surface area contributed by atoms with Crippen LogP contribution in [0.3, 0.4) is 0 Å². The first-order valence-electron chi connectivity index (χ1n) is 10.3. The third kappa shape index (κ3) is 6.22. The van der Waals surface area contributed by atoms with Crippen molar-refractivity contribution in [2.75, 3.05) is 19.6 Å².